The quantitative estimate of drug-likeness (QED) is 0.844. The molecule has 0 N–H and O–H groups in total. The van der Waals surface area contributed by atoms with Crippen molar-refractivity contribution >= 4 is 21.4 Å². The molecule has 0 saturated carbocycles. The second-order valence-corrected chi connectivity index (χ2v) is 8.31. The average Bonchev–Trinajstić information content (AvgIpc) is 3.03. The number of hydrogen-bond donors (Lipinski definition) is 0. The third-order valence-electron chi connectivity index (χ3n) is 3.97. The summed E-state index contributed by atoms with van der Waals surface area (Å²) in [6.07, 6.45) is 1.33. The van der Waals surface area contributed by atoms with Crippen molar-refractivity contribution in [1.82, 2.24) is 4.31 Å². The van der Waals surface area contributed by atoms with Crippen LogP contribution in [0.5, 0.6) is 5.75 Å². The van der Waals surface area contributed by atoms with Crippen LogP contribution in [0.25, 0.3) is 0 Å². The van der Waals surface area contributed by atoms with Gasteiger partial charge in [-0.2, -0.15) is 4.31 Å². The first-order valence-electron chi connectivity index (χ1n) is 7.42. The normalized spacial score (nSPS) is 17.3. The van der Waals surface area contributed by atoms with Gasteiger partial charge in [0, 0.05) is 18.5 Å². The summed E-state index contributed by atoms with van der Waals surface area (Å²) < 4.78 is 45.9. The molecule has 1 aliphatic rings. The highest BCUT2D eigenvalue weighted by Gasteiger charge is 2.30. The molecule has 23 heavy (non-hydrogen) atoms. The molecule has 0 aliphatic carbocycles. The summed E-state index contributed by atoms with van der Waals surface area (Å²) in [4.78, 5) is 0.147. The summed E-state index contributed by atoms with van der Waals surface area (Å²) >= 11 is 1.57. The van der Waals surface area contributed by atoms with Gasteiger partial charge in [-0.1, -0.05) is 0 Å². The van der Waals surface area contributed by atoms with Crippen LogP contribution >= 0.6 is 11.3 Å². The Labute approximate surface area is 139 Å². The second-order valence-electron chi connectivity index (χ2n) is 5.59. The molecule has 2 aromatic rings. The number of halogens is 1. The molecule has 124 valence electrons. The van der Waals surface area contributed by atoms with Crippen molar-refractivity contribution in [2.45, 2.75) is 30.8 Å². The van der Waals surface area contributed by atoms with Crippen LogP contribution in [0.4, 0.5) is 4.39 Å². The molecule has 4 nitrogen and oxygen atoms in total. The number of thiophene rings is 1. The van der Waals surface area contributed by atoms with Gasteiger partial charge in [0.05, 0.1) is 4.90 Å². The molecule has 1 aromatic carbocycles. The van der Waals surface area contributed by atoms with Crippen LogP contribution in [0.1, 0.15) is 18.4 Å². The molecule has 1 fully saturated rings. The zero-order valence-corrected chi connectivity index (χ0v) is 14.4. The Morgan fingerprint density at radius 2 is 2.00 bits per heavy atom. The Hall–Kier alpha value is -1.44. The van der Waals surface area contributed by atoms with Crippen LogP contribution in [0.15, 0.2) is 39.9 Å². The summed E-state index contributed by atoms with van der Waals surface area (Å²) in [5, 5.41) is 3.89. The van der Waals surface area contributed by atoms with Crippen molar-refractivity contribution in [2.75, 3.05) is 13.1 Å². The molecule has 2 heterocycles. The van der Waals surface area contributed by atoms with E-state index in [2.05, 4.69) is 0 Å². The van der Waals surface area contributed by atoms with Crippen LogP contribution in [-0.4, -0.2) is 31.9 Å². The third kappa shape index (κ3) is 3.57. The molecule has 0 unspecified atom stereocenters. The fraction of sp³-hybridized carbons (Fsp3) is 0.375. The van der Waals surface area contributed by atoms with Crippen molar-refractivity contribution < 1.29 is 17.5 Å². The van der Waals surface area contributed by atoms with Gasteiger partial charge in [-0.3, -0.25) is 0 Å². The van der Waals surface area contributed by atoms with E-state index >= 15 is 0 Å². The largest absolute Gasteiger partial charge is 0.489 e. The van der Waals surface area contributed by atoms with Gasteiger partial charge in [-0.25, -0.2) is 12.8 Å². The summed E-state index contributed by atoms with van der Waals surface area (Å²) in [6.45, 7) is 2.39. The minimum absolute atomic E-state index is 0.0333. The van der Waals surface area contributed by atoms with Crippen molar-refractivity contribution in [3.63, 3.8) is 0 Å². The molecule has 3 rings (SSSR count). The molecule has 1 aromatic heterocycles. The van der Waals surface area contributed by atoms with E-state index in [1.807, 2.05) is 16.8 Å². The number of nitrogens with zero attached hydrogens (tertiary/aromatic N) is 1. The van der Waals surface area contributed by atoms with Gasteiger partial charge in [0.25, 0.3) is 0 Å². The van der Waals surface area contributed by atoms with Gasteiger partial charge in [0.2, 0.25) is 10.0 Å². The highest BCUT2D eigenvalue weighted by atomic mass is 32.2. The predicted molar refractivity (Wildman–Crippen MR) is 87.9 cm³/mol. The topological polar surface area (TPSA) is 46.6 Å². The molecular formula is C16H18FNO3S2. The molecule has 0 amide bonds. The summed E-state index contributed by atoms with van der Waals surface area (Å²) in [6, 6.07) is 5.83. The maximum absolute atomic E-state index is 13.3. The van der Waals surface area contributed by atoms with E-state index in [0.29, 0.717) is 31.5 Å². The monoisotopic (exact) mass is 355 g/mol. The molecule has 0 atom stereocenters. The van der Waals surface area contributed by atoms with E-state index in [9.17, 15) is 12.8 Å². The van der Waals surface area contributed by atoms with Crippen molar-refractivity contribution in [3.8, 4) is 5.75 Å². The molecule has 1 saturated heterocycles. The number of piperidine rings is 1. The van der Waals surface area contributed by atoms with Crippen molar-refractivity contribution in [2.24, 2.45) is 0 Å². The van der Waals surface area contributed by atoms with Gasteiger partial charge in [-0.15, -0.1) is 11.3 Å². The van der Waals surface area contributed by atoms with Crippen molar-refractivity contribution in [1.29, 1.82) is 0 Å². The Morgan fingerprint density at radius 3 is 2.61 bits per heavy atom. The van der Waals surface area contributed by atoms with E-state index in [1.54, 1.807) is 18.3 Å². The summed E-state index contributed by atoms with van der Waals surface area (Å²) in [7, 11) is -3.57. The number of aryl methyl sites for hydroxylation is 1. The van der Waals surface area contributed by atoms with Crippen LogP contribution in [0.3, 0.4) is 0 Å². The highest BCUT2D eigenvalue weighted by Crippen LogP contribution is 2.25. The number of sulfonamides is 1. The Balaban J connectivity index is 1.67. The molecular weight excluding hydrogens is 337 g/mol. The molecule has 1 aliphatic heterocycles. The van der Waals surface area contributed by atoms with Gasteiger partial charge in [0.1, 0.15) is 17.7 Å². The standard InChI is InChI=1S/C16H18FNO3S2/c1-12-10-15(2-3-16(12)17)23(19,20)18-7-4-13(5-8-18)21-14-6-9-22-11-14/h2-3,6,9-11,13H,4-5,7-8H2,1H3. The van der Waals surface area contributed by atoms with E-state index < -0.39 is 15.8 Å². The SMILES string of the molecule is Cc1cc(S(=O)(=O)N2CCC(Oc3ccsc3)CC2)ccc1F. The lowest BCUT2D eigenvalue weighted by atomic mass is 10.1. The van der Waals surface area contributed by atoms with Gasteiger partial charge in [0.15, 0.2) is 0 Å². The number of rotatable bonds is 4. The summed E-state index contributed by atoms with van der Waals surface area (Å²) in [5.74, 6) is 0.442. The lowest BCUT2D eigenvalue weighted by Crippen LogP contribution is -2.41. The predicted octanol–water partition coefficient (Wildman–Crippen LogP) is 3.43. The lowest BCUT2D eigenvalue weighted by Gasteiger charge is -2.31. The summed E-state index contributed by atoms with van der Waals surface area (Å²) in [5.41, 5.74) is 0.335. The van der Waals surface area contributed by atoms with E-state index in [0.717, 1.165) is 5.75 Å². The number of hydrogen-bond acceptors (Lipinski definition) is 4. The first-order valence-corrected chi connectivity index (χ1v) is 9.80. The van der Waals surface area contributed by atoms with Crippen LogP contribution in [0.2, 0.25) is 0 Å². The van der Waals surface area contributed by atoms with E-state index in [4.69, 9.17) is 4.74 Å². The highest BCUT2D eigenvalue weighted by molar-refractivity contribution is 7.89. The minimum Gasteiger partial charge on any atom is -0.489 e. The second kappa shape index (κ2) is 6.59. The van der Waals surface area contributed by atoms with Crippen LogP contribution < -0.4 is 4.74 Å². The first kappa shape index (κ1) is 16.4. The maximum atomic E-state index is 13.3. The number of ether oxygens (including phenoxy) is 1. The Kier molecular flexibility index (Phi) is 4.70. The van der Waals surface area contributed by atoms with Crippen LogP contribution in [0, 0.1) is 12.7 Å². The molecule has 0 spiro atoms. The molecule has 0 bridgehead atoms. The molecule has 7 heteroatoms. The average molecular weight is 355 g/mol. The van der Waals surface area contributed by atoms with E-state index in [1.165, 1.54) is 22.5 Å². The van der Waals surface area contributed by atoms with Crippen LogP contribution in [-0.2, 0) is 10.0 Å². The van der Waals surface area contributed by atoms with Gasteiger partial charge >= 0.3 is 0 Å². The Morgan fingerprint density at radius 1 is 1.26 bits per heavy atom. The fourth-order valence-corrected chi connectivity index (χ4v) is 4.74. The smallest absolute Gasteiger partial charge is 0.243 e. The molecule has 0 radical (unpaired) electrons. The maximum Gasteiger partial charge on any atom is 0.243 e. The van der Waals surface area contributed by atoms with Crippen molar-refractivity contribution in [3.05, 3.63) is 46.4 Å². The Bertz CT molecular complexity index is 767. The van der Waals surface area contributed by atoms with Gasteiger partial charge < -0.3 is 4.74 Å². The van der Waals surface area contributed by atoms with E-state index in [-0.39, 0.29) is 11.0 Å². The zero-order valence-electron chi connectivity index (χ0n) is 12.7. The van der Waals surface area contributed by atoms with Gasteiger partial charge in [-0.05, 0) is 55.0 Å². The number of benzene rings is 1. The first-order chi connectivity index (χ1) is 11.0. The minimum atomic E-state index is -3.57. The third-order valence-corrected chi connectivity index (χ3v) is 6.52. The lowest BCUT2D eigenvalue weighted by molar-refractivity contribution is 0.135. The zero-order chi connectivity index (χ0) is 16.4. The fourth-order valence-electron chi connectivity index (χ4n) is 2.63.